The molecule has 0 atom stereocenters. The maximum atomic E-state index is 6.05. The number of rotatable bonds is 5. The summed E-state index contributed by atoms with van der Waals surface area (Å²) in [5.41, 5.74) is 2.51. The molecule has 0 unspecified atom stereocenters. The van der Waals surface area contributed by atoms with Crippen molar-refractivity contribution in [1.82, 2.24) is 10.2 Å². The van der Waals surface area contributed by atoms with E-state index in [-0.39, 0.29) is 0 Å². The van der Waals surface area contributed by atoms with Crippen LogP contribution in [0, 0.1) is 6.92 Å². The van der Waals surface area contributed by atoms with Crippen LogP contribution in [0.4, 0.5) is 0 Å². The summed E-state index contributed by atoms with van der Waals surface area (Å²) in [6.45, 7) is 7.78. The molecule has 2 rings (SSSR count). The van der Waals surface area contributed by atoms with Crippen LogP contribution in [0.25, 0.3) is 0 Å². The third-order valence-corrected chi connectivity index (χ3v) is 3.70. The Morgan fingerprint density at radius 1 is 1.17 bits per heavy atom. The van der Waals surface area contributed by atoms with Crippen molar-refractivity contribution in [2.45, 2.75) is 32.7 Å². The molecule has 1 saturated heterocycles. The highest BCUT2D eigenvalue weighted by Crippen LogP contribution is 2.14. The highest BCUT2D eigenvalue weighted by molar-refractivity contribution is 6.30. The molecule has 0 aromatic heterocycles. The minimum Gasteiger partial charge on any atom is -0.311 e. The first-order valence-corrected chi connectivity index (χ1v) is 7.31. The fraction of sp³-hybridized carbons (Fsp3) is 0.600. The molecule has 1 aromatic carbocycles. The van der Waals surface area contributed by atoms with Gasteiger partial charge >= 0.3 is 0 Å². The van der Waals surface area contributed by atoms with E-state index in [1.54, 1.807) is 0 Å². The van der Waals surface area contributed by atoms with Crippen molar-refractivity contribution in [3.63, 3.8) is 0 Å². The van der Waals surface area contributed by atoms with Gasteiger partial charge in [-0.05, 0) is 56.1 Å². The van der Waals surface area contributed by atoms with Crippen molar-refractivity contribution in [3.05, 3.63) is 34.3 Å². The highest BCUT2D eigenvalue weighted by atomic mass is 35.5. The first-order valence-electron chi connectivity index (χ1n) is 6.93. The molecule has 100 valence electrons. The molecule has 1 aliphatic rings. The standard InChI is InChI=1S/C15H23ClN2/c1-13-9-14(11-15(16)10-13)12-17-5-8-18-6-3-2-4-7-18/h9-11,17H,2-8,12H2,1H3. The summed E-state index contributed by atoms with van der Waals surface area (Å²) in [4.78, 5) is 2.56. The number of hydrogen-bond acceptors (Lipinski definition) is 2. The summed E-state index contributed by atoms with van der Waals surface area (Å²) >= 11 is 6.05. The minimum atomic E-state index is 0.836. The largest absolute Gasteiger partial charge is 0.311 e. The second kappa shape index (κ2) is 7.13. The number of piperidine rings is 1. The van der Waals surface area contributed by atoms with Crippen molar-refractivity contribution in [2.75, 3.05) is 26.2 Å². The van der Waals surface area contributed by atoms with E-state index in [1.807, 2.05) is 12.1 Å². The normalized spacial score (nSPS) is 17.0. The number of benzene rings is 1. The van der Waals surface area contributed by atoms with Crippen molar-refractivity contribution in [2.24, 2.45) is 0 Å². The van der Waals surface area contributed by atoms with E-state index in [2.05, 4.69) is 23.2 Å². The lowest BCUT2D eigenvalue weighted by molar-refractivity contribution is 0.229. The van der Waals surface area contributed by atoms with Gasteiger partial charge < -0.3 is 10.2 Å². The Bertz CT molecular complexity index is 353. The SMILES string of the molecule is Cc1cc(Cl)cc(CNCCN2CCCCC2)c1. The number of hydrogen-bond donors (Lipinski definition) is 1. The molecule has 1 N–H and O–H groups in total. The predicted octanol–water partition coefficient (Wildman–Crippen LogP) is 3.22. The number of halogens is 1. The molecule has 1 aliphatic heterocycles. The second-order valence-corrected chi connectivity index (χ2v) is 5.65. The van der Waals surface area contributed by atoms with Crippen molar-refractivity contribution in [3.8, 4) is 0 Å². The van der Waals surface area contributed by atoms with Crippen molar-refractivity contribution < 1.29 is 0 Å². The summed E-state index contributed by atoms with van der Waals surface area (Å²) in [6, 6.07) is 6.24. The topological polar surface area (TPSA) is 15.3 Å². The summed E-state index contributed by atoms with van der Waals surface area (Å²) in [5, 5.41) is 4.34. The van der Waals surface area contributed by atoms with Crippen LogP contribution in [0.2, 0.25) is 5.02 Å². The van der Waals surface area contributed by atoms with Gasteiger partial charge in [0.2, 0.25) is 0 Å². The van der Waals surface area contributed by atoms with Gasteiger partial charge in [-0.2, -0.15) is 0 Å². The summed E-state index contributed by atoms with van der Waals surface area (Å²) in [6.07, 6.45) is 4.15. The van der Waals surface area contributed by atoms with Crippen LogP contribution in [-0.2, 0) is 6.54 Å². The van der Waals surface area contributed by atoms with E-state index >= 15 is 0 Å². The van der Waals surface area contributed by atoms with Crippen LogP contribution in [0.5, 0.6) is 0 Å². The third kappa shape index (κ3) is 4.60. The first-order chi connectivity index (χ1) is 8.74. The zero-order valence-corrected chi connectivity index (χ0v) is 12.0. The van der Waals surface area contributed by atoms with E-state index in [9.17, 15) is 0 Å². The van der Waals surface area contributed by atoms with Crippen LogP contribution in [0.15, 0.2) is 18.2 Å². The molecule has 1 aromatic rings. The average molecular weight is 267 g/mol. The molecule has 1 fully saturated rings. The van der Waals surface area contributed by atoms with E-state index in [1.165, 1.54) is 50.0 Å². The maximum Gasteiger partial charge on any atom is 0.0411 e. The molecule has 0 bridgehead atoms. The van der Waals surface area contributed by atoms with E-state index in [0.29, 0.717) is 0 Å². The first kappa shape index (κ1) is 13.9. The van der Waals surface area contributed by atoms with Crippen LogP contribution in [0.3, 0.4) is 0 Å². The summed E-state index contributed by atoms with van der Waals surface area (Å²) in [5.74, 6) is 0. The Balaban J connectivity index is 1.68. The van der Waals surface area contributed by atoms with Crippen LogP contribution < -0.4 is 5.32 Å². The molecule has 3 heteroatoms. The predicted molar refractivity (Wildman–Crippen MR) is 78.2 cm³/mol. The lowest BCUT2D eigenvalue weighted by Crippen LogP contribution is -2.35. The van der Waals surface area contributed by atoms with Gasteiger partial charge in [-0.15, -0.1) is 0 Å². The van der Waals surface area contributed by atoms with Gasteiger partial charge in [0, 0.05) is 24.7 Å². The number of aryl methyl sites for hydroxylation is 1. The molecule has 0 radical (unpaired) electrons. The van der Waals surface area contributed by atoms with Gasteiger partial charge in [0.05, 0.1) is 0 Å². The smallest absolute Gasteiger partial charge is 0.0411 e. The summed E-state index contributed by atoms with van der Waals surface area (Å²) in [7, 11) is 0. The summed E-state index contributed by atoms with van der Waals surface area (Å²) < 4.78 is 0. The molecule has 0 saturated carbocycles. The van der Waals surface area contributed by atoms with Crippen molar-refractivity contribution in [1.29, 1.82) is 0 Å². The van der Waals surface area contributed by atoms with Gasteiger partial charge in [0.15, 0.2) is 0 Å². The number of likely N-dealkylation sites (tertiary alicyclic amines) is 1. The Morgan fingerprint density at radius 3 is 2.67 bits per heavy atom. The Labute approximate surface area is 115 Å². The molecule has 0 spiro atoms. The zero-order chi connectivity index (χ0) is 12.8. The van der Waals surface area contributed by atoms with Crippen molar-refractivity contribution >= 4 is 11.6 Å². The van der Waals surface area contributed by atoms with Crippen LogP contribution in [0.1, 0.15) is 30.4 Å². The van der Waals surface area contributed by atoms with Gasteiger partial charge in [-0.25, -0.2) is 0 Å². The van der Waals surface area contributed by atoms with Gasteiger partial charge in [-0.3, -0.25) is 0 Å². The third-order valence-electron chi connectivity index (χ3n) is 3.48. The van der Waals surface area contributed by atoms with E-state index in [4.69, 9.17) is 11.6 Å². The van der Waals surface area contributed by atoms with E-state index in [0.717, 1.165) is 18.1 Å². The zero-order valence-electron chi connectivity index (χ0n) is 11.2. The number of nitrogens with zero attached hydrogens (tertiary/aromatic N) is 1. The average Bonchev–Trinajstić information content (AvgIpc) is 2.35. The minimum absolute atomic E-state index is 0.836. The fourth-order valence-electron chi connectivity index (χ4n) is 2.57. The van der Waals surface area contributed by atoms with Gasteiger partial charge in [-0.1, -0.05) is 24.1 Å². The lowest BCUT2D eigenvalue weighted by Gasteiger charge is -2.26. The molecule has 0 aliphatic carbocycles. The Hall–Kier alpha value is -0.570. The van der Waals surface area contributed by atoms with Crippen LogP contribution >= 0.6 is 11.6 Å². The fourth-order valence-corrected chi connectivity index (χ4v) is 2.88. The molecular formula is C15H23ClN2. The van der Waals surface area contributed by atoms with E-state index < -0.39 is 0 Å². The second-order valence-electron chi connectivity index (χ2n) is 5.22. The quantitative estimate of drug-likeness (QED) is 0.824. The maximum absolute atomic E-state index is 6.05. The Kier molecular flexibility index (Phi) is 5.48. The molecular weight excluding hydrogens is 244 g/mol. The molecule has 0 amide bonds. The molecule has 18 heavy (non-hydrogen) atoms. The number of nitrogens with one attached hydrogen (secondary N) is 1. The Morgan fingerprint density at radius 2 is 1.94 bits per heavy atom. The molecule has 1 heterocycles. The van der Waals surface area contributed by atoms with Gasteiger partial charge in [0.1, 0.15) is 0 Å². The van der Waals surface area contributed by atoms with Crippen LogP contribution in [-0.4, -0.2) is 31.1 Å². The van der Waals surface area contributed by atoms with Gasteiger partial charge in [0.25, 0.3) is 0 Å². The highest BCUT2D eigenvalue weighted by Gasteiger charge is 2.08. The lowest BCUT2D eigenvalue weighted by atomic mass is 10.1. The molecule has 2 nitrogen and oxygen atoms in total. The monoisotopic (exact) mass is 266 g/mol.